The third kappa shape index (κ3) is 9.25. The number of nitrogens with two attached hydrogens (primary N) is 1. The van der Waals surface area contributed by atoms with Crippen LogP contribution in [0.3, 0.4) is 0 Å². The Balaban J connectivity index is 1.00. The molecule has 3 aliphatic rings. The number of anilines is 3. The summed E-state index contributed by atoms with van der Waals surface area (Å²) in [6.45, 7) is 2.26. The van der Waals surface area contributed by atoms with E-state index in [0.717, 1.165) is 23.0 Å². The fraction of sp³-hybridized carbons (Fsp3) is 0.333. The largest absolute Gasteiger partial charge is 0.436 e. The summed E-state index contributed by atoms with van der Waals surface area (Å²) in [6, 6.07) is 25.0. The van der Waals surface area contributed by atoms with Crippen LogP contribution >= 0.6 is 11.6 Å². The van der Waals surface area contributed by atoms with Crippen molar-refractivity contribution < 1.29 is 41.8 Å². The zero-order chi connectivity index (χ0) is 41.0. The molecule has 7 rings (SSSR count). The molecule has 4 aromatic rings. The number of urea groups is 1. The zero-order valence-electron chi connectivity index (χ0n) is 31.4. The van der Waals surface area contributed by atoms with Gasteiger partial charge in [-0.1, -0.05) is 48.0 Å². The Morgan fingerprint density at radius 1 is 0.845 bits per heavy atom. The number of fused-ring (bicyclic) bond motifs is 1. The van der Waals surface area contributed by atoms with Crippen LogP contribution in [-0.2, 0) is 28.5 Å². The number of piperidine rings is 1. The number of nitrogens with one attached hydrogen (secondary N) is 1. The summed E-state index contributed by atoms with van der Waals surface area (Å²) in [7, 11) is 0. The molecule has 4 amide bonds. The maximum Gasteiger partial charge on any atom is 0.418 e. The molecule has 4 aromatic carbocycles. The van der Waals surface area contributed by atoms with Crippen LogP contribution in [-0.4, -0.2) is 96.7 Å². The molecule has 16 heteroatoms. The number of esters is 1. The maximum atomic E-state index is 14.1. The van der Waals surface area contributed by atoms with E-state index in [0.29, 0.717) is 50.2 Å². The number of nitrogens with zero attached hydrogens (tertiary/aromatic N) is 4. The van der Waals surface area contributed by atoms with Gasteiger partial charge in [-0.2, -0.15) is 13.2 Å². The van der Waals surface area contributed by atoms with Crippen molar-refractivity contribution in [2.24, 2.45) is 0 Å². The number of carbonyl (C=O) groups is 4. The van der Waals surface area contributed by atoms with E-state index in [1.807, 2.05) is 35.2 Å². The fourth-order valence-electron chi connectivity index (χ4n) is 7.57. The lowest BCUT2D eigenvalue weighted by molar-refractivity contribution is -0.141. The standard InChI is InChI=1S/C42H42ClF3N6O6/c43-34-25-27(24-33(37(34)47)42(44,45)46)26-36(58-41(56)51-17-15-31(16-18-51)52-19-14-28-6-4-5-9-35(28)48-40(52)55)38(53)50-22-20-49(21-23-50)30-12-10-29(11-13-30)39(54)57-32-7-2-1-3-8-32/h1-13,24-25,31,36H,14-23,26,47H2,(H,48,55)/t36-/m1/s1. The number of likely N-dealkylation sites (tertiary alicyclic amines) is 1. The molecule has 0 unspecified atom stereocenters. The molecule has 0 bridgehead atoms. The fourth-order valence-corrected chi connectivity index (χ4v) is 7.81. The molecule has 0 saturated carbocycles. The van der Waals surface area contributed by atoms with Crippen LogP contribution in [0.25, 0.3) is 0 Å². The van der Waals surface area contributed by atoms with Gasteiger partial charge in [0, 0.05) is 69.7 Å². The molecule has 12 nitrogen and oxygen atoms in total. The number of para-hydroxylation sites is 2. The minimum absolute atomic E-state index is 0.0223. The number of alkyl halides is 3. The molecule has 0 aromatic heterocycles. The van der Waals surface area contributed by atoms with Crippen molar-refractivity contribution in [3.63, 3.8) is 0 Å². The first-order valence-electron chi connectivity index (χ1n) is 19.0. The summed E-state index contributed by atoms with van der Waals surface area (Å²) in [5.74, 6) is -0.639. The molecule has 0 aliphatic carbocycles. The Kier molecular flexibility index (Phi) is 12.0. The smallest absolute Gasteiger partial charge is 0.418 e. The summed E-state index contributed by atoms with van der Waals surface area (Å²) in [5, 5.41) is 2.64. The average molecular weight is 819 g/mol. The van der Waals surface area contributed by atoms with Gasteiger partial charge in [-0.25, -0.2) is 14.4 Å². The molecular weight excluding hydrogens is 777 g/mol. The topological polar surface area (TPSA) is 138 Å². The lowest BCUT2D eigenvalue weighted by Crippen LogP contribution is -2.54. The number of nitrogen functional groups attached to an aromatic ring is 1. The number of piperazine rings is 1. The Morgan fingerprint density at radius 2 is 1.52 bits per heavy atom. The highest BCUT2D eigenvalue weighted by Gasteiger charge is 2.38. The van der Waals surface area contributed by atoms with Crippen molar-refractivity contribution in [1.29, 1.82) is 0 Å². The van der Waals surface area contributed by atoms with E-state index >= 15 is 0 Å². The normalized spacial score (nSPS) is 16.9. The van der Waals surface area contributed by atoms with Gasteiger partial charge in [0.05, 0.1) is 21.8 Å². The number of amides is 4. The second-order valence-corrected chi connectivity index (χ2v) is 14.8. The van der Waals surface area contributed by atoms with Gasteiger partial charge in [0.2, 0.25) is 0 Å². The second kappa shape index (κ2) is 17.3. The Hall–Kier alpha value is -5.96. The third-order valence-corrected chi connectivity index (χ3v) is 11.1. The molecule has 58 heavy (non-hydrogen) atoms. The van der Waals surface area contributed by atoms with E-state index < -0.39 is 41.5 Å². The molecule has 2 saturated heterocycles. The molecule has 3 heterocycles. The van der Waals surface area contributed by atoms with Crippen LogP contribution in [0.15, 0.2) is 91.0 Å². The highest BCUT2D eigenvalue weighted by Crippen LogP contribution is 2.38. The van der Waals surface area contributed by atoms with Crippen molar-refractivity contribution in [1.82, 2.24) is 14.7 Å². The van der Waals surface area contributed by atoms with Crippen molar-refractivity contribution in [2.75, 3.05) is 61.8 Å². The van der Waals surface area contributed by atoms with E-state index in [1.54, 1.807) is 53.4 Å². The van der Waals surface area contributed by atoms with E-state index in [1.165, 1.54) is 15.9 Å². The molecular formula is C42H42ClF3N6O6. The summed E-state index contributed by atoms with van der Waals surface area (Å²) < 4.78 is 53.0. The zero-order valence-corrected chi connectivity index (χ0v) is 32.2. The Labute approximate surface area is 338 Å². The van der Waals surface area contributed by atoms with Gasteiger partial charge in [0.1, 0.15) is 5.75 Å². The van der Waals surface area contributed by atoms with Crippen molar-refractivity contribution in [3.05, 3.63) is 118 Å². The van der Waals surface area contributed by atoms with Crippen LogP contribution in [0.4, 0.5) is 39.8 Å². The Bertz CT molecular complexity index is 2140. The number of hydrogen-bond donors (Lipinski definition) is 2. The van der Waals surface area contributed by atoms with Crippen LogP contribution in [0.5, 0.6) is 5.75 Å². The predicted octanol–water partition coefficient (Wildman–Crippen LogP) is 7.11. The third-order valence-electron chi connectivity index (χ3n) is 10.8. The number of rotatable bonds is 8. The number of benzene rings is 4. The molecule has 3 N–H and O–H groups in total. The monoisotopic (exact) mass is 818 g/mol. The molecule has 0 spiro atoms. The van der Waals surface area contributed by atoms with Gasteiger partial charge >= 0.3 is 24.3 Å². The predicted molar refractivity (Wildman–Crippen MR) is 212 cm³/mol. The maximum absolute atomic E-state index is 14.1. The first-order valence-corrected chi connectivity index (χ1v) is 19.4. The van der Waals surface area contributed by atoms with Gasteiger partial charge < -0.3 is 40.1 Å². The number of carbonyl (C=O) groups excluding carboxylic acids is 4. The first-order chi connectivity index (χ1) is 27.8. The summed E-state index contributed by atoms with van der Waals surface area (Å²) in [4.78, 5) is 60.3. The van der Waals surface area contributed by atoms with Gasteiger partial charge in [-0.15, -0.1) is 0 Å². The van der Waals surface area contributed by atoms with Crippen molar-refractivity contribution >= 4 is 52.7 Å². The average Bonchev–Trinajstić information content (AvgIpc) is 3.39. The van der Waals surface area contributed by atoms with Gasteiger partial charge in [0.25, 0.3) is 5.91 Å². The number of ether oxygens (including phenoxy) is 2. The highest BCUT2D eigenvalue weighted by atomic mass is 35.5. The van der Waals surface area contributed by atoms with Gasteiger partial charge in [0.15, 0.2) is 6.10 Å². The number of halogens is 4. The van der Waals surface area contributed by atoms with E-state index in [9.17, 15) is 32.3 Å². The summed E-state index contributed by atoms with van der Waals surface area (Å²) in [6.07, 6.45) is -5.82. The molecule has 304 valence electrons. The van der Waals surface area contributed by atoms with Crippen LogP contribution in [0.2, 0.25) is 5.02 Å². The van der Waals surface area contributed by atoms with Crippen molar-refractivity contribution in [3.8, 4) is 5.75 Å². The molecule has 2 fully saturated rings. The van der Waals surface area contributed by atoms with E-state index in [4.69, 9.17) is 26.8 Å². The lowest BCUT2D eigenvalue weighted by Gasteiger charge is -2.39. The van der Waals surface area contributed by atoms with Crippen molar-refractivity contribution in [2.45, 2.75) is 44.0 Å². The molecule has 3 aliphatic heterocycles. The van der Waals surface area contributed by atoms with E-state index in [-0.39, 0.29) is 55.3 Å². The Morgan fingerprint density at radius 3 is 2.21 bits per heavy atom. The highest BCUT2D eigenvalue weighted by molar-refractivity contribution is 6.33. The summed E-state index contributed by atoms with van der Waals surface area (Å²) in [5.41, 5.74) is 6.89. The van der Waals surface area contributed by atoms with Crippen LogP contribution in [0.1, 0.15) is 39.9 Å². The minimum atomic E-state index is -4.81. The summed E-state index contributed by atoms with van der Waals surface area (Å²) >= 11 is 6.13. The van der Waals surface area contributed by atoms with Crippen LogP contribution in [0, 0.1) is 0 Å². The SMILES string of the molecule is Nc1c(Cl)cc(C[C@@H](OC(=O)N2CCC(N3CCc4ccccc4NC3=O)CC2)C(=O)N2CCN(c3ccc(C(=O)Oc4ccccc4)cc3)CC2)cc1C(F)(F)F. The second-order valence-electron chi connectivity index (χ2n) is 14.4. The lowest BCUT2D eigenvalue weighted by atomic mass is 10.0. The van der Waals surface area contributed by atoms with Gasteiger partial charge in [-0.3, -0.25) is 4.79 Å². The minimum Gasteiger partial charge on any atom is -0.436 e. The quantitative estimate of drug-likeness (QED) is 0.109. The van der Waals surface area contributed by atoms with Gasteiger partial charge in [-0.05, 0) is 85.0 Å². The molecule has 1 atom stereocenters. The number of hydrogen-bond acceptors (Lipinski definition) is 8. The molecule has 0 radical (unpaired) electrons. The van der Waals surface area contributed by atoms with Crippen LogP contribution < -0.4 is 20.7 Å². The first kappa shape index (κ1) is 40.2. The van der Waals surface area contributed by atoms with E-state index in [2.05, 4.69) is 5.32 Å².